The number of nitrogens with two attached hydrogens (primary N) is 1. The zero-order valence-electron chi connectivity index (χ0n) is 9.03. The number of alkyl halides is 2. The van der Waals surface area contributed by atoms with Crippen molar-refractivity contribution in [3.8, 4) is 5.75 Å². The molecule has 0 amide bonds. The number of hydrogen-bond acceptors (Lipinski definition) is 2. The van der Waals surface area contributed by atoms with Gasteiger partial charge in [-0.1, -0.05) is 12.1 Å². The molecule has 1 atom stereocenters. The quantitative estimate of drug-likeness (QED) is 0.873. The van der Waals surface area contributed by atoms with Gasteiger partial charge in [-0.25, -0.2) is 8.78 Å². The largest absolute Gasteiger partial charge is 0.494 e. The van der Waals surface area contributed by atoms with Gasteiger partial charge in [-0.2, -0.15) is 0 Å². The minimum Gasteiger partial charge on any atom is -0.494 e. The van der Waals surface area contributed by atoms with E-state index in [1.165, 1.54) is 0 Å². The van der Waals surface area contributed by atoms with E-state index >= 15 is 0 Å². The third-order valence-electron chi connectivity index (χ3n) is 2.03. The van der Waals surface area contributed by atoms with Gasteiger partial charge in [-0.05, 0) is 24.6 Å². The average Bonchev–Trinajstić information content (AvgIpc) is 2.17. The Hall–Kier alpha value is -0.870. The van der Waals surface area contributed by atoms with Gasteiger partial charge in [0.1, 0.15) is 5.75 Å². The molecule has 2 nitrogen and oxygen atoms in total. The predicted molar refractivity (Wildman–Crippen MR) is 62.4 cm³/mol. The van der Waals surface area contributed by atoms with Crippen LogP contribution in [0.25, 0.3) is 0 Å². The highest BCUT2D eigenvalue weighted by Gasteiger charge is 2.13. The Balaban J connectivity index is 0.00000225. The molecule has 92 valence electrons. The first-order chi connectivity index (χ1) is 7.13. The van der Waals surface area contributed by atoms with Crippen molar-refractivity contribution in [1.82, 2.24) is 0 Å². The van der Waals surface area contributed by atoms with Crippen LogP contribution in [0.4, 0.5) is 8.78 Å². The molecular weight excluding hydrogens is 236 g/mol. The first-order valence-electron chi connectivity index (χ1n) is 4.90. The van der Waals surface area contributed by atoms with Crippen molar-refractivity contribution in [3.63, 3.8) is 0 Å². The van der Waals surface area contributed by atoms with Gasteiger partial charge in [-0.3, -0.25) is 0 Å². The van der Waals surface area contributed by atoms with E-state index in [2.05, 4.69) is 0 Å². The molecule has 0 aromatic heterocycles. The molecule has 5 heteroatoms. The molecule has 0 aliphatic heterocycles. The Morgan fingerprint density at radius 1 is 1.38 bits per heavy atom. The lowest BCUT2D eigenvalue weighted by atomic mass is 10.0. The highest BCUT2D eigenvalue weighted by molar-refractivity contribution is 5.85. The smallest absolute Gasteiger partial charge is 0.240 e. The van der Waals surface area contributed by atoms with E-state index < -0.39 is 12.5 Å². The summed E-state index contributed by atoms with van der Waals surface area (Å²) in [5.74, 6) is 0.666. The zero-order chi connectivity index (χ0) is 11.3. The van der Waals surface area contributed by atoms with Crippen molar-refractivity contribution in [2.45, 2.75) is 25.8 Å². The fourth-order valence-electron chi connectivity index (χ4n) is 1.33. The molecular formula is C11H16ClF2NO. The standard InChI is InChI=1S/C11H15F2NO.ClH/c1-2-15-9-5-3-4-8(6-9)10(14)7-11(12)13;/h3-6,10-11H,2,7,14H2,1H3;1H/t10-;/m1./s1. The second-order valence-corrected chi connectivity index (χ2v) is 3.24. The van der Waals surface area contributed by atoms with Gasteiger partial charge in [0.15, 0.2) is 0 Å². The lowest BCUT2D eigenvalue weighted by Gasteiger charge is -2.12. The van der Waals surface area contributed by atoms with Crippen LogP contribution in [-0.4, -0.2) is 13.0 Å². The van der Waals surface area contributed by atoms with Crippen molar-refractivity contribution in [1.29, 1.82) is 0 Å². The zero-order valence-corrected chi connectivity index (χ0v) is 9.84. The number of ether oxygens (including phenoxy) is 1. The van der Waals surface area contributed by atoms with Crippen molar-refractivity contribution in [2.24, 2.45) is 5.73 Å². The van der Waals surface area contributed by atoms with Gasteiger partial charge in [-0.15, -0.1) is 12.4 Å². The topological polar surface area (TPSA) is 35.2 Å². The fourth-order valence-corrected chi connectivity index (χ4v) is 1.33. The normalized spacial score (nSPS) is 12.1. The number of halogens is 3. The van der Waals surface area contributed by atoms with Crippen molar-refractivity contribution < 1.29 is 13.5 Å². The molecule has 0 saturated heterocycles. The van der Waals surface area contributed by atoms with E-state index in [0.717, 1.165) is 0 Å². The van der Waals surface area contributed by atoms with E-state index in [1.54, 1.807) is 24.3 Å². The SMILES string of the molecule is CCOc1cccc([C@H](N)CC(F)F)c1.Cl. The molecule has 0 fully saturated rings. The Morgan fingerprint density at radius 2 is 2.06 bits per heavy atom. The van der Waals surface area contributed by atoms with Gasteiger partial charge >= 0.3 is 0 Å². The summed E-state index contributed by atoms with van der Waals surface area (Å²) < 4.78 is 29.5. The van der Waals surface area contributed by atoms with Crippen molar-refractivity contribution in [2.75, 3.05) is 6.61 Å². The second kappa shape index (κ2) is 7.41. The van der Waals surface area contributed by atoms with Crippen LogP contribution < -0.4 is 10.5 Å². The van der Waals surface area contributed by atoms with Crippen LogP contribution in [0.1, 0.15) is 24.9 Å². The molecule has 0 spiro atoms. The second-order valence-electron chi connectivity index (χ2n) is 3.24. The molecule has 2 N–H and O–H groups in total. The molecule has 1 rings (SSSR count). The Kier molecular flexibility index (Phi) is 7.01. The first-order valence-corrected chi connectivity index (χ1v) is 4.90. The van der Waals surface area contributed by atoms with Crippen molar-refractivity contribution in [3.05, 3.63) is 29.8 Å². The van der Waals surface area contributed by atoms with E-state index in [1.807, 2.05) is 6.92 Å². The maximum Gasteiger partial charge on any atom is 0.240 e. The molecule has 0 aliphatic rings. The summed E-state index contributed by atoms with van der Waals surface area (Å²) in [6.07, 6.45) is -2.70. The lowest BCUT2D eigenvalue weighted by molar-refractivity contribution is 0.128. The Labute approximate surface area is 100 Å². The fraction of sp³-hybridized carbons (Fsp3) is 0.455. The van der Waals surface area contributed by atoms with Crippen LogP contribution in [-0.2, 0) is 0 Å². The Morgan fingerprint density at radius 3 is 2.62 bits per heavy atom. The molecule has 0 bridgehead atoms. The maximum atomic E-state index is 12.1. The molecule has 0 unspecified atom stereocenters. The first kappa shape index (κ1) is 15.1. The van der Waals surface area contributed by atoms with Crippen LogP contribution in [0.3, 0.4) is 0 Å². The van der Waals surface area contributed by atoms with Gasteiger partial charge in [0.2, 0.25) is 6.43 Å². The molecule has 16 heavy (non-hydrogen) atoms. The third kappa shape index (κ3) is 4.77. The highest BCUT2D eigenvalue weighted by Crippen LogP contribution is 2.22. The Bertz CT molecular complexity index is 310. The number of rotatable bonds is 5. The lowest BCUT2D eigenvalue weighted by Crippen LogP contribution is -2.14. The average molecular weight is 252 g/mol. The van der Waals surface area contributed by atoms with Gasteiger partial charge in [0.25, 0.3) is 0 Å². The monoisotopic (exact) mass is 251 g/mol. The van der Waals surface area contributed by atoms with Crippen LogP contribution >= 0.6 is 12.4 Å². The highest BCUT2D eigenvalue weighted by atomic mass is 35.5. The van der Waals surface area contributed by atoms with Crippen LogP contribution in [0, 0.1) is 0 Å². The molecule has 0 radical (unpaired) electrons. The molecule has 1 aromatic rings. The minimum absolute atomic E-state index is 0. The molecule has 0 heterocycles. The van der Waals surface area contributed by atoms with E-state index in [0.29, 0.717) is 17.9 Å². The summed E-state index contributed by atoms with van der Waals surface area (Å²) in [5.41, 5.74) is 6.31. The summed E-state index contributed by atoms with van der Waals surface area (Å²) in [6.45, 7) is 2.42. The van der Waals surface area contributed by atoms with Crippen LogP contribution in [0.2, 0.25) is 0 Å². The number of hydrogen-bond donors (Lipinski definition) is 1. The molecule has 0 saturated carbocycles. The van der Waals surface area contributed by atoms with Gasteiger partial charge in [0.05, 0.1) is 6.61 Å². The summed E-state index contributed by atoms with van der Waals surface area (Å²) in [7, 11) is 0. The van der Waals surface area contributed by atoms with E-state index in [9.17, 15) is 8.78 Å². The van der Waals surface area contributed by atoms with Gasteiger partial charge < -0.3 is 10.5 Å². The predicted octanol–water partition coefficient (Wildman–Crippen LogP) is 3.16. The summed E-state index contributed by atoms with van der Waals surface area (Å²) in [5, 5.41) is 0. The van der Waals surface area contributed by atoms with E-state index in [4.69, 9.17) is 10.5 Å². The van der Waals surface area contributed by atoms with Crippen molar-refractivity contribution >= 4 is 12.4 Å². The van der Waals surface area contributed by atoms with E-state index in [-0.39, 0.29) is 18.8 Å². The third-order valence-corrected chi connectivity index (χ3v) is 2.03. The summed E-state index contributed by atoms with van der Waals surface area (Å²) in [6, 6.07) is 6.34. The van der Waals surface area contributed by atoms with Crippen LogP contribution in [0.5, 0.6) is 5.75 Å². The molecule has 0 aliphatic carbocycles. The summed E-state index contributed by atoms with van der Waals surface area (Å²) >= 11 is 0. The van der Waals surface area contributed by atoms with Gasteiger partial charge in [0, 0.05) is 12.5 Å². The number of benzene rings is 1. The van der Waals surface area contributed by atoms with Crippen LogP contribution in [0.15, 0.2) is 24.3 Å². The maximum absolute atomic E-state index is 12.1. The molecule has 1 aromatic carbocycles. The minimum atomic E-state index is -2.38. The summed E-state index contributed by atoms with van der Waals surface area (Å²) in [4.78, 5) is 0.